The van der Waals surface area contributed by atoms with Crippen LogP contribution in [-0.4, -0.2) is 31.6 Å². The lowest BCUT2D eigenvalue weighted by Crippen LogP contribution is -2.43. The molecule has 0 atom stereocenters. The Kier molecular flexibility index (Phi) is 5.55. The highest BCUT2D eigenvalue weighted by atomic mass is 79.9. The molecule has 3 aromatic rings. The fourth-order valence-electron chi connectivity index (χ4n) is 2.16. The Morgan fingerprint density at radius 2 is 2.00 bits per heavy atom. The highest BCUT2D eigenvalue weighted by Crippen LogP contribution is 2.19. The van der Waals surface area contributed by atoms with Crippen molar-refractivity contribution in [1.82, 2.24) is 30.6 Å². The smallest absolute Gasteiger partial charge is 0.286 e. The van der Waals surface area contributed by atoms with E-state index in [4.69, 9.17) is 23.8 Å². The largest absolute Gasteiger partial charge is 0.356 e. The van der Waals surface area contributed by atoms with Crippen molar-refractivity contribution in [3.05, 3.63) is 56.5 Å². The number of carbonyl (C=O) groups excluding carboxylic acids is 2. The lowest BCUT2D eigenvalue weighted by molar-refractivity contribution is -0.122. The second-order valence-electron chi connectivity index (χ2n) is 5.18. The monoisotopic (exact) mass is 454 g/mol. The zero-order valence-corrected chi connectivity index (χ0v) is 16.2. The van der Waals surface area contributed by atoms with Crippen LogP contribution < -0.4 is 10.9 Å². The van der Waals surface area contributed by atoms with Gasteiger partial charge in [0.2, 0.25) is 0 Å². The zero-order valence-electron chi connectivity index (χ0n) is 13.0. The van der Waals surface area contributed by atoms with Crippen molar-refractivity contribution in [2.24, 2.45) is 0 Å². The number of aromatic nitrogens is 4. The van der Waals surface area contributed by atoms with Crippen LogP contribution in [0.25, 0.3) is 11.4 Å². The molecule has 0 saturated heterocycles. The van der Waals surface area contributed by atoms with Crippen LogP contribution in [0.3, 0.4) is 0 Å². The summed E-state index contributed by atoms with van der Waals surface area (Å²) in [5.41, 5.74) is 5.71. The van der Waals surface area contributed by atoms with E-state index in [1.54, 1.807) is 36.5 Å². The van der Waals surface area contributed by atoms with Crippen molar-refractivity contribution < 1.29 is 9.59 Å². The van der Waals surface area contributed by atoms with E-state index in [1.807, 2.05) is 0 Å². The molecule has 0 aliphatic rings. The first-order valence-corrected chi connectivity index (χ1v) is 8.86. The third-order valence-corrected chi connectivity index (χ3v) is 4.39. The lowest BCUT2D eigenvalue weighted by atomic mass is 10.2. The average molecular weight is 456 g/mol. The van der Waals surface area contributed by atoms with Gasteiger partial charge in [-0.3, -0.25) is 30.1 Å². The van der Waals surface area contributed by atoms with Gasteiger partial charge in [0.05, 0.1) is 0 Å². The zero-order chi connectivity index (χ0) is 18.7. The molecule has 2 aromatic heterocycles. The summed E-state index contributed by atoms with van der Waals surface area (Å²) in [4.78, 5) is 26.8. The van der Waals surface area contributed by atoms with E-state index in [0.29, 0.717) is 16.5 Å². The number of nitrogens with one attached hydrogen (secondary N) is 4. The Hall–Kier alpha value is -2.43. The predicted molar refractivity (Wildman–Crippen MR) is 102 cm³/mol. The van der Waals surface area contributed by atoms with Crippen LogP contribution in [-0.2, 0) is 11.3 Å². The number of rotatable bonds is 4. The molecule has 0 aliphatic heterocycles. The second-order valence-corrected chi connectivity index (χ2v) is 6.92. The van der Waals surface area contributed by atoms with Gasteiger partial charge in [-0.25, -0.2) is 0 Å². The molecule has 26 heavy (non-hydrogen) atoms. The quantitative estimate of drug-likeness (QED) is 0.358. The summed E-state index contributed by atoms with van der Waals surface area (Å²) in [6.07, 6.45) is 1.61. The maximum atomic E-state index is 12.2. The Morgan fingerprint density at radius 1 is 1.27 bits per heavy atom. The van der Waals surface area contributed by atoms with Crippen LogP contribution >= 0.6 is 39.7 Å². The molecule has 0 saturated carbocycles. The Balaban J connectivity index is 1.68. The molecule has 134 valence electrons. The molecule has 11 heteroatoms. The third kappa shape index (κ3) is 4.21. The first-order valence-electron chi connectivity index (χ1n) is 7.28. The van der Waals surface area contributed by atoms with Gasteiger partial charge in [-0.15, -0.1) is 0 Å². The van der Waals surface area contributed by atoms with E-state index in [0.717, 1.165) is 10.0 Å². The summed E-state index contributed by atoms with van der Waals surface area (Å²) in [6, 6.07) is 8.56. The van der Waals surface area contributed by atoms with Crippen molar-refractivity contribution >= 4 is 51.6 Å². The van der Waals surface area contributed by atoms with Crippen LogP contribution in [0, 0.1) is 4.77 Å². The number of amides is 2. The van der Waals surface area contributed by atoms with E-state index >= 15 is 0 Å². The van der Waals surface area contributed by atoms with E-state index < -0.39 is 11.8 Å². The molecule has 8 nitrogen and oxygen atoms in total. The fourth-order valence-corrected chi connectivity index (χ4v) is 2.83. The van der Waals surface area contributed by atoms with Crippen LogP contribution in [0.4, 0.5) is 0 Å². The van der Waals surface area contributed by atoms with Crippen molar-refractivity contribution in [3.8, 4) is 11.4 Å². The van der Waals surface area contributed by atoms with Crippen molar-refractivity contribution in [3.63, 3.8) is 0 Å². The van der Waals surface area contributed by atoms with Gasteiger partial charge in [0.25, 0.3) is 11.8 Å². The van der Waals surface area contributed by atoms with E-state index in [9.17, 15) is 9.59 Å². The summed E-state index contributed by atoms with van der Waals surface area (Å²) < 4.78 is 2.53. The molecular formula is C15H12BrClN6O2S. The Bertz CT molecular complexity index is 1010. The van der Waals surface area contributed by atoms with Gasteiger partial charge < -0.3 is 4.98 Å². The van der Waals surface area contributed by atoms with E-state index in [-0.39, 0.29) is 11.3 Å². The number of hydrazine groups is 1. The molecule has 3 rings (SSSR count). The molecule has 0 aliphatic carbocycles. The number of nitrogens with zero attached hydrogens (tertiary/aromatic N) is 2. The van der Waals surface area contributed by atoms with Gasteiger partial charge >= 0.3 is 0 Å². The Labute approximate surface area is 166 Å². The lowest BCUT2D eigenvalue weighted by Gasteiger charge is -2.09. The standard InChI is InChI=1S/C15H12BrClN6O2S/c16-9-5-11(18-6-9)14(25)21-19-12(24)7-23-13(20-22-15(23)26)8-1-3-10(17)4-2-8/h1-6,18H,7H2,(H,19,24)(H,21,25)(H,22,26). The summed E-state index contributed by atoms with van der Waals surface area (Å²) in [6.45, 7) is -0.123. The van der Waals surface area contributed by atoms with Crippen molar-refractivity contribution in [2.75, 3.05) is 0 Å². The van der Waals surface area contributed by atoms with Gasteiger partial charge in [0.1, 0.15) is 12.2 Å². The van der Waals surface area contributed by atoms with Crippen molar-refractivity contribution in [1.29, 1.82) is 0 Å². The molecule has 2 heterocycles. The van der Waals surface area contributed by atoms with Crippen LogP contribution in [0.5, 0.6) is 0 Å². The minimum absolute atomic E-state index is 0.123. The summed E-state index contributed by atoms with van der Waals surface area (Å²) >= 11 is 14.3. The van der Waals surface area contributed by atoms with E-state index in [1.165, 1.54) is 4.57 Å². The van der Waals surface area contributed by atoms with Gasteiger partial charge in [-0.05, 0) is 58.5 Å². The van der Waals surface area contributed by atoms with Gasteiger partial charge in [-0.1, -0.05) is 11.6 Å². The first kappa shape index (κ1) is 18.4. The number of H-pyrrole nitrogens is 2. The topological polar surface area (TPSA) is 108 Å². The molecule has 2 amide bonds. The van der Waals surface area contributed by atoms with Crippen LogP contribution in [0.1, 0.15) is 10.5 Å². The third-order valence-electron chi connectivity index (χ3n) is 3.37. The second kappa shape index (κ2) is 7.85. The normalized spacial score (nSPS) is 10.5. The minimum Gasteiger partial charge on any atom is -0.356 e. The highest BCUT2D eigenvalue weighted by molar-refractivity contribution is 9.10. The fraction of sp³-hybridized carbons (Fsp3) is 0.0667. The summed E-state index contributed by atoms with van der Waals surface area (Å²) in [5.74, 6) is -0.448. The molecular weight excluding hydrogens is 444 g/mol. The Morgan fingerprint density at radius 3 is 2.65 bits per heavy atom. The van der Waals surface area contributed by atoms with E-state index in [2.05, 4.69) is 42.0 Å². The molecule has 0 bridgehead atoms. The first-order chi connectivity index (χ1) is 12.4. The number of aromatic amines is 2. The minimum atomic E-state index is -0.474. The SMILES string of the molecule is O=C(Cn1c(-c2ccc(Cl)cc2)n[nH]c1=S)NNC(=O)c1cc(Br)c[nH]1. The van der Waals surface area contributed by atoms with Gasteiger partial charge in [0.15, 0.2) is 10.6 Å². The number of carbonyl (C=O) groups is 2. The summed E-state index contributed by atoms with van der Waals surface area (Å²) in [7, 11) is 0. The number of hydrogen-bond acceptors (Lipinski definition) is 4. The van der Waals surface area contributed by atoms with Crippen LogP contribution in [0.2, 0.25) is 5.02 Å². The number of benzene rings is 1. The molecule has 0 fully saturated rings. The van der Waals surface area contributed by atoms with Crippen molar-refractivity contribution in [2.45, 2.75) is 6.54 Å². The van der Waals surface area contributed by atoms with Gasteiger partial charge in [-0.2, -0.15) is 5.10 Å². The molecule has 1 aromatic carbocycles. The number of hydrogen-bond donors (Lipinski definition) is 4. The molecule has 4 N–H and O–H groups in total. The maximum Gasteiger partial charge on any atom is 0.286 e. The van der Waals surface area contributed by atoms with Crippen LogP contribution in [0.15, 0.2) is 41.0 Å². The number of halogens is 2. The highest BCUT2D eigenvalue weighted by Gasteiger charge is 2.14. The predicted octanol–water partition coefficient (Wildman–Crippen LogP) is 2.81. The molecule has 0 radical (unpaired) electrons. The molecule has 0 spiro atoms. The summed E-state index contributed by atoms with van der Waals surface area (Å²) in [5, 5.41) is 7.38. The van der Waals surface area contributed by atoms with Gasteiger partial charge in [0, 0.05) is 21.3 Å². The molecule has 0 unspecified atom stereocenters. The maximum absolute atomic E-state index is 12.2. The average Bonchev–Trinajstić information content (AvgIpc) is 3.20.